The lowest BCUT2D eigenvalue weighted by atomic mass is 9.94. The summed E-state index contributed by atoms with van der Waals surface area (Å²) >= 11 is 0. The quantitative estimate of drug-likeness (QED) is 0.452. The predicted molar refractivity (Wildman–Crippen MR) is 128 cm³/mol. The Kier molecular flexibility index (Phi) is 5.84. The van der Waals surface area contributed by atoms with E-state index in [2.05, 4.69) is 34.6 Å². The summed E-state index contributed by atoms with van der Waals surface area (Å²) in [4.78, 5) is 3.67. The van der Waals surface area contributed by atoms with Crippen molar-refractivity contribution < 1.29 is 24.3 Å². The number of aromatic nitrogens is 1. The minimum atomic E-state index is 0.114. The number of hydrogen-bond donors (Lipinski definition) is 2. The van der Waals surface area contributed by atoms with Crippen molar-refractivity contribution in [3.05, 3.63) is 83.0 Å². The molecule has 6 heteroatoms. The Morgan fingerprint density at radius 2 is 1.67 bits per heavy atom. The van der Waals surface area contributed by atoms with Gasteiger partial charge in [0.15, 0.2) is 17.5 Å². The molecule has 0 amide bonds. The van der Waals surface area contributed by atoms with Crippen LogP contribution in [0.4, 0.5) is 0 Å². The zero-order valence-electron chi connectivity index (χ0n) is 19.2. The zero-order valence-corrected chi connectivity index (χ0v) is 19.2. The van der Waals surface area contributed by atoms with Crippen LogP contribution in [0.25, 0.3) is 10.9 Å². The van der Waals surface area contributed by atoms with Crippen LogP contribution >= 0.6 is 0 Å². The molecule has 3 aromatic carbocycles. The van der Waals surface area contributed by atoms with Gasteiger partial charge in [-0.1, -0.05) is 30.3 Å². The van der Waals surface area contributed by atoms with Gasteiger partial charge < -0.3 is 29.2 Å². The average Bonchev–Trinajstić information content (AvgIpc) is 3.25. The molecule has 1 aliphatic heterocycles. The molecule has 2 heterocycles. The molecule has 1 aliphatic rings. The second-order valence-corrected chi connectivity index (χ2v) is 8.21. The van der Waals surface area contributed by atoms with E-state index in [0.717, 1.165) is 35.4 Å². The van der Waals surface area contributed by atoms with Crippen LogP contribution in [-0.4, -0.2) is 32.9 Å². The lowest BCUT2D eigenvalue weighted by Crippen LogP contribution is -2.87. The second kappa shape index (κ2) is 9.08. The Bertz CT molecular complexity index is 1240. The maximum Gasteiger partial charge on any atom is 0.203 e. The first-order valence-electron chi connectivity index (χ1n) is 11.2. The highest BCUT2D eigenvalue weighted by Crippen LogP contribution is 2.41. The number of hydrogen-bond acceptors (Lipinski definition) is 4. The summed E-state index contributed by atoms with van der Waals surface area (Å²) < 4.78 is 22.8. The van der Waals surface area contributed by atoms with Crippen LogP contribution in [0.1, 0.15) is 28.4 Å². The van der Waals surface area contributed by atoms with Crippen molar-refractivity contribution in [1.29, 1.82) is 0 Å². The molecular weight excluding hydrogens is 416 g/mol. The summed E-state index contributed by atoms with van der Waals surface area (Å²) in [5.41, 5.74) is 5.95. The van der Waals surface area contributed by atoms with Gasteiger partial charge in [0.05, 0.1) is 33.6 Å². The molecule has 0 bridgehead atoms. The number of H-pyrrole nitrogens is 1. The van der Waals surface area contributed by atoms with Crippen molar-refractivity contribution in [1.82, 2.24) is 4.98 Å². The summed E-state index contributed by atoms with van der Waals surface area (Å²) in [6, 6.07) is 20.7. The minimum absolute atomic E-state index is 0.114. The van der Waals surface area contributed by atoms with Crippen LogP contribution in [0.5, 0.6) is 23.0 Å². The highest BCUT2D eigenvalue weighted by atomic mass is 16.5. The summed E-state index contributed by atoms with van der Waals surface area (Å²) in [6.45, 7) is 1.55. The normalized spacial score (nSPS) is 15.2. The van der Waals surface area contributed by atoms with Gasteiger partial charge in [0.25, 0.3) is 0 Å². The SMILES string of the molecule is COc1cc(C2[NH2+]CCc3c2[nH]c2ccc(OCc4ccccc4)cc32)cc(OC)c1OC. The van der Waals surface area contributed by atoms with Gasteiger partial charge in [-0.25, -0.2) is 0 Å². The van der Waals surface area contributed by atoms with Gasteiger partial charge in [-0.3, -0.25) is 0 Å². The van der Waals surface area contributed by atoms with E-state index >= 15 is 0 Å². The van der Waals surface area contributed by atoms with Crippen LogP contribution in [-0.2, 0) is 13.0 Å². The van der Waals surface area contributed by atoms with Crippen LogP contribution in [0, 0.1) is 0 Å². The number of rotatable bonds is 7. The molecule has 1 atom stereocenters. The minimum Gasteiger partial charge on any atom is -0.493 e. The first kappa shape index (κ1) is 21.2. The van der Waals surface area contributed by atoms with E-state index in [9.17, 15) is 0 Å². The topological polar surface area (TPSA) is 69.3 Å². The van der Waals surface area contributed by atoms with Crippen molar-refractivity contribution >= 4 is 10.9 Å². The van der Waals surface area contributed by atoms with Crippen LogP contribution in [0.3, 0.4) is 0 Å². The summed E-state index contributed by atoms with van der Waals surface area (Å²) in [7, 11) is 4.92. The molecule has 4 aromatic rings. The molecule has 0 radical (unpaired) electrons. The van der Waals surface area contributed by atoms with E-state index in [4.69, 9.17) is 18.9 Å². The van der Waals surface area contributed by atoms with Crippen LogP contribution < -0.4 is 24.3 Å². The summed E-state index contributed by atoms with van der Waals surface area (Å²) in [6.07, 6.45) is 0.998. The van der Waals surface area contributed by atoms with Gasteiger partial charge in [-0.05, 0) is 41.5 Å². The largest absolute Gasteiger partial charge is 0.493 e. The number of ether oxygens (including phenoxy) is 4. The molecule has 0 saturated heterocycles. The lowest BCUT2D eigenvalue weighted by molar-refractivity contribution is -0.690. The second-order valence-electron chi connectivity index (χ2n) is 8.21. The molecule has 3 N–H and O–H groups in total. The number of aromatic amines is 1. The fourth-order valence-corrected chi connectivity index (χ4v) is 4.71. The molecule has 33 heavy (non-hydrogen) atoms. The Balaban J connectivity index is 1.50. The zero-order chi connectivity index (χ0) is 22.8. The third-order valence-electron chi connectivity index (χ3n) is 6.31. The van der Waals surface area contributed by atoms with Crippen molar-refractivity contribution in [3.8, 4) is 23.0 Å². The molecule has 1 aromatic heterocycles. The smallest absolute Gasteiger partial charge is 0.203 e. The number of methoxy groups -OCH3 is 3. The Morgan fingerprint density at radius 1 is 0.909 bits per heavy atom. The fourth-order valence-electron chi connectivity index (χ4n) is 4.71. The van der Waals surface area contributed by atoms with Gasteiger partial charge in [0.1, 0.15) is 12.4 Å². The summed E-state index contributed by atoms with van der Waals surface area (Å²) in [5, 5.41) is 3.58. The van der Waals surface area contributed by atoms with E-state index in [1.165, 1.54) is 16.6 Å². The molecule has 1 unspecified atom stereocenters. The van der Waals surface area contributed by atoms with Gasteiger partial charge in [-0.15, -0.1) is 0 Å². The van der Waals surface area contributed by atoms with E-state index in [-0.39, 0.29) is 6.04 Å². The van der Waals surface area contributed by atoms with Gasteiger partial charge in [0, 0.05) is 22.9 Å². The Hall–Kier alpha value is -3.64. The molecule has 0 spiro atoms. The molecule has 6 nitrogen and oxygen atoms in total. The predicted octanol–water partition coefficient (Wildman–Crippen LogP) is 3.98. The third-order valence-corrected chi connectivity index (χ3v) is 6.31. The maximum absolute atomic E-state index is 6.09. The number of fused-ring (bicyclic) bond motifs is 3. The third kappa shape index (κ3) is 3.98. The standard InChI is InChI=1S/C27H28N2O4/c1-30-23-13-18(14-24(31-2)27(23)32-3)25-26-20(11-12-28-25)21-15-19(9-10-22(21)29-26)33-16-17-7-5-4-6-8-17/h4-10,13-15,25,28-29H,11-12,16H2,1-3H3/p+1. The van der Waals surface area contributed by atoms with Gasteiger partial charge in [-0.2, -0.15) is 0 Å². The van der Waals surface area contributed by atoms with Crippen molar-refractivity contribution in [2.75, 3.05) is 27.9 Å². The first-order valence-corrected chi connectivity index (χ1v) is 11.2. The highest BCUT2D eigenvalue weighted by molar-refractivity contribution is 5.86. The number of nitrogens with one attached hydrogen (secondary N) is 1. The van der Waals surface area contributed by atoms with E-state index < -0.39 is 0 Å². The lowest BCUT2D eigenvalue weighted by Gasteiger charge is -2.23. The molecular formula is C27H29N2O4+. The maximum atomic E-state index is 6.09. The van der Waals surface area contributed by atoms with Crippen molar-refractivity contribution in [2.24, 2.45) is 0 Å². The Morgan fingerprint density at radius 3 is 2.36 bits per heavy atom. The number of nitrogens with two attached hydrogens (primary N) is 1. The molecule has 5 rings (SSSR count). The van der Waals surface area contributed by atoms with Gasteiger partial charge >= 0.3 is 0 Å². The van der Waals surface area contributed by atoms with E-state index in [1.54, 1.807) is 21.3 Å². The molecule has 0 aliphatic carbocycles. The molecule has 0 saturated carbocycles. The highest BCUT2D eigenvalue weighted by Gasteiger charge is 2.30. The van der Waals surface area contributed by atoms with Crippen molar-refractivity contribution in [2.45, 2.75) is 19.1 Å². The number of quaternary nitrogens is 1. The summed E-state index contributed by atoms with van der Waals surface area (Å²) in [5.74, 6) is 2.82. The fraction of sp³-hybridized carbons (Fsp3) is 0.259. The number of benzene rings is 3. The van der Waals surface area contributed by atoms with Crippen molar-refractivity contribution in [3.63, 3.8) is 0 Å². The van der Waals surface area contributed by atoms with Crippen LogP contribution in [0.2, 0.25) is 0 Å². The molecule has 170 valence electrons. The van der Waals surface area contributed by atoms with Gasteiger partial charge in [0.2, 0.25) is 5.75 Å². The van der Waals surface area contributed by atoms with E-state index in [1.807, 2.05) is 36.4 Å². The van der Waals surface area contributed by atoms with Crippen LogP contribution in [0.15, 0.2) is 60.7 Å². The average molecular weight is 446 g/mol. The van der Waals surface area contributed by atoms with E-state index in [0.29, 0.717) is 23.9 Å². The molecule has 0 fully saturated rings. The first-order chi connectivity index (χ1) is 16.2. The Labute approximate surface area is 193 Å². The monoisotopic (exact) mass is 445 g/mol.